The number of sulfonamides is 1. The molecule has 20 heavy (non-hydrogen) atoms. The van der Waals surface area contributed by atoms with E-state index in [1.54, 1.807) is 48.5 Å². The number of hydrogen-bond acceptors (Lipinski definition) is 4. The van der Waals surface area contributed by atoms with Gasteiger partial charge < -0.3 is 4.98 Å². The summed E-state index contributed by atoms with van der Waals surface area (Å²) in [4.78, 5) is 7.33. The number of aromatic amines is 1. The maximum Gasteiger partial charge on any atom is 0.261 e. The molecule has 0 fully saturated rings. The lowest BCUT2D eigenvalue weighted by Gasteiger charge is -2.07. The number of rotatable bonds is 3. The molecule has 0 unspecified atom stereocenters. The third-order valence-corrected chi connectivity index (χ3v) is 4.39. The minimum absolute atomic E-state index is 0.219. The molecule has 0 saturated heterocycles. The first-order valence-corrected chi connectivity index (χ1v) is 7.74. The van der Waals surface area contributed by atoms with Crippen molar-refractivity contribution in [1.82, 2.24) is 9.97 Å². The van der Waals surface area contributed by atoms with E-state index in [9.17, 15) is 8.42 Å². The Morgan fingerprint density at radius 2 is 1.85 bits per heavy atom. The molecule has 0 atom stereocenters. The lowest BCUT2D eigenvalue weighted by Crippen LogP contribution is -2.12. The van der Waals surface area contributed by atoms with Gasteiger partial charge in [0.15, 0.2) is 5.16 Å². The molecule has 3 rings (SSSR count). The first-order valence-electron chi connectivity index (χ1n) is 5.81. The zero-order valence-electron chi connectivity index (χ0n) is 10.2. The highest BCUT2D eigenvalue weighted by molar-refractivity contribution is 7.92. The number of hydrogen-bond donors (Lipinski definition) is 3. The molecule has 0 spiro atoms. The van der Waals surface area contributed by atoms with Gasteiger partial charge in [-0.05, 0) is 30.3 Å². The molecule has 0 radical (unpaired) electrons. The van der Waals surface area contributed by atoms with E-state index in [4.69, 9.17) is 0 Å². The van der Waals surface area contributed by atoms with Crippen molar-refractivity contribution in [2.75, 3.05) is 4.72 Å². The molecule has 0 aliphatic heterocycles. The van der Waals surface area contributed by atoms with Crippen molar-refractivity contribution in [2.24, 2.45) is 0 Å². The predicted octanol–water partition coefficient (Wildman–Crippen LogP) is 2.65. The normalized spacial score (nSPS) is 11.7. The van der Waals surface area contributed by atoms with Crippen LogP contribution in [0.15, 0.2) is 58.6 Å². The smallest absolute Gasteiger partial charge is 0.261 e. The van der Waals surface area contributed by atoms with Crippen molar-refractivity contribution in [3.05, 3.63) is 48.5 Å². The average molecular weight is 305 g/mol. The van der Waals surface area contributed by atoms with Crippen LogP contribution in [-0.4, -0.2) is 18.4 Å². The van der Waals surface area contributed by atoms with E-state index in [1.165, 1.54) is 0 Å². The van der Waals surface area contributed by atoms with Gasteiger partial charge in [0.25, 0.3) is 10.0 Å². The Kier molecular flexibility index (Phi) is 3.15. The molecule has 102 valence electrons. The summed E-state index contributed by atoms with van der Waals surface area (Å²) in [5, 5.41) is 0.489. The molecule has 0 aliphatic carbocycles. The number of aromatic nitrogens is 2. The molecule has 0 aliphatic rings. The van der Waals surface area contributed by atoms with Gasteiger partial charge in [0.1, 0.15) is 0 Å². The van der Waals surface area contributed by atoms with E-state index in [0.717, 1.165) is 5.52 Å². The zero-order valence-corrected chi connectivity index (χ0v) is 11.9. The van der Waals surface area contributed by atoms with E-state index in [2.05, 4.69) is 27.3 Å². The fourth-order valence-corrected chi connectivity index (χ4v) is 3.17. The summed E-state index contributed by atoms with van der Waals surface area (Å²) in [6.45, 7) is 0. The molecule has 0 bridgehead atoms. The van der Waals surface area contributed by atoms with E-state index in [0.29, 0.717) is 16.4 Å². The molecule has 2 N–H and O–H groups in total. The monoisotopic (exact) mass is 305 g/mol. The SMILES string of the molecule is O=S(=O)(Nc1ccc2[nH]c(S)nc2c1)c1ccccc1. The number of H-pyrrole nitrogens is 1. The summed E-state index contributed by atoms with van der Waals surface area (Å²) < 4.78 is 26.9. The van der Waals surface area contributed by atoms with Crippen LogP contribution in [0.5, 0.6) is 0 Å². The van der Waals surface area contributed by atoms with Crippen molar-refractivity contribution < 1.29 is 8.42 Å². The maximum absolute atomic E-state index is 12.2. The third kappa shape index (κ3) is 2.50. The second-order valence-electron chi connectivity index (χ2n) is 4.21. The number of imidazole rings is 1. The van der Waals surface area contributed by atoms with Crippen LogP contribution in [0.25, 0.3) is 11.0 Å². The summed E-state index contributed by atoms with van der Waals surface area (Å²) in [5.41, 5.74) is 1.92. The van der Waals surface area contributed by atoms with Crippen LogP contribution < -0.4 is 4.72 Å². The van der Waals surface area contributed by atoms with Crippen LogP contribution in [-0.2, 0) is 10.0 Å². The maximum atomic E-state index is 12.2. The molecule has 7 heteroatoms. The Labute approximate surface area is 121 Å². The molecule has 0 saturated carbocycles. The minimum atomic E-state index is -3.58. The second kappa shape index (κ2) is 4.84. The summed E-state index contributed by atoms with van der Waals surface area (Å²) in [5.74, 6) is 0. The van der Waals surface area contributed by atoms with Gasteiger partial charge in [-0.3, -0.25) is 4.72 Å². The summed E-state index contributed by atoms with van der Waals surface area (Å²) in [6, 6.07) is 13.3. The zero-order chi connectivity index (χ0) is 14.2. The van der Waals surface area contributed by atoms with Crippen LogP contribution in [0.1, 0.15) is 0 Å². The van der Waals surface area contributed by atoms with Gasteiger partial charge in [0.05, 0.1) is 21.6 Å². The first-order chi connectivity index (χ1) is 9.54. The van der Waals surface area contributed by atoms with Gasteiger partial charge in [-0.25, -0.2) is 13.4 Å². The Hall–Kier alpha value is -1.99. The van der Waals surface area contributed by atoms with Crippen molar-refractivity contribution in [1.29, 1.82) is 0 Å². The summed E-state index contributed by atoms with van der Waals surface area (Å²) >= 11 is 4.12. The fraction of sp³-hybridized carbons (Fsp3) is 0. The van der Waals surface area contributed by atoms with Crippen molar-refractivity contribution >= 4 is 39.4 Å². The highest BCUT2D eigenvalue weighted by Crippen LogP contribution is 2.21. The highest BCUT2D eigenvalue weighted by atomic mass is 32.2. The van der Waals surface area contributed by atoms with Crippen LogP contribution in [0.2, 0.25) is 0 Å². The van der Waals surface area contributed by atoms with Crippen molar-refractivity contribution in [3.63, 3.8) is 0 Å². The van der Waals surface area contributed by atoms with Crippen molar-refractivity contribution in [2.45, 2.75) is 10.1 Å². The molecule has 5 nitrogen and oxygen atoms in total. The lowest BCUT2D eigenvalue weighted by molar-refractivity contribution is 0.601. The number of nitrogens with zero attached hydrogens (tertiary/aromatic N) is 1. The van der Waals surface area contributed by atoms with Gasteiger partial charge >= 0.3 is 0 Å². The Morgan fingerprint density at radius 3 is 2.60 bits per heavy atom. The van der Waals surface area contributed by atoms with Crippen LogP contribution in [0.3, 0.4) is 0 Å². The fourth-order valence-electron chi connectivity index (χ4n) is 1.87. The molecular weight excluding hydrogens is 294 g/mol. The Morgan fingerprint density at radius 1 is 1.10 bits per heavy atom. The number of anilines is 1. The quantitative estimate of drug-likeness (QED) is 0.651. The second-order valence-corrected chi connectivity index (χ2v) is 6.32. The predicted molar refractivity (Wildman–Crippen MR) is 80.6 cm³/mol. The van der Waals surface area contributed by atoms with Crippen LogP contribution in [0, 0.1) is 0 Å². The van der Waals surface area contributed by atoms with Gasteiger partial charge in [-0.1, -0.05) is 18.2 Å². The minimum Gasteiger partial charge on any atom is -0.333 e. The Bertz CT molecular complexity index is 858. The molecule has 1 aromatic heterocycles. The number of fused-ring (bicyclic) bond motifs is 1. The van der Waals surface area contributed by atoms with Gasteiger partial charge in [-0.2, -0.15) is 0 Å². The Balaban J connectivity index is 1.96. The number of thiol groups is 1. The van der Waals surface area contributed by atoms with E-state index in [1.807, 2.05) is 0 Å². The lowest BCUT2D eigenvalue weighted by atomic mass is 10.3. The topological polar surface area (TPSA) is 74.8 Å². The van der Waals surface area contributed by atoms with Crippen LogP contribution >= 0.6 is 12.6 Å². The first kappa shape index (κ1) is 13.0. The van der Waals surface area contributed by atoms with Crippen molar-refractivity contribution in [3.8, 4) is 0 Å². The van der Waals surface area contributed by atoms with Crippen LogP contribution in [0.4, 0.5) is 5.69 Å². The standard InChI is InChI=1S/C13H11N3O2S2/c17-20(18,10-4-2-1-3-5-10)16-9-6-7-11-12(8-9)15-13(19)14-11/h1-8,16H,(H2,14,15,19). The summed E-state index contributed by atoms with van der Waals surface area (Å²) in [6.07, 6.45) is 0. The largest absolute Gasteiger partial charge is 0.333 e. The summed E-state index contributed by atoms with van der Waals surface area (Å²) in [7, 11) is -3.58. The van der Waals surface area contributed by atoms with Gasteiger partial charge in [0.2, 0.25) is 0 Å². The van der Waals surface area contributed by atoms with E-state index < -0.39 is 10.0 Å². The molecule has 1 heterocycles. The third-order valence-electron chi connectivity index (χ3n) is 2.78. The van der Waals surface area contributed by atoms with E-state index in [-0.39, 0.29) is 4.90 Å². The number of benzene rings is 2. The molecule has 3 aromatic rings. The molecule has 2 aromatic carbocycles. The van der Waals surface area contributed by atoms with E-state index >= 15 is 0 Å². The average Bonchev–Trinajstić information content (AvgIpc) is 2.79. The number of nitrogens with one attached hydrogen (secondary N) is 2. The molecule has 0 amide bonds. The highest BCUT2D eigenvalue weighted by Gasteiger charge is 2.13. The van der Waals surface area contributed by atoms with Gasteiger partial charge in [0, 0.05) is 0 Å². The van der Waals surface area contributed by atoms with Gasteiger partial charge in [-0.15, -0.1) is 12.6 Å². The molecular formula is C13H11N3O2S2.